The van der Waals surface area contributed by atoms with Gasteiger partial charge in [-0.3, -0.25) is 4.57 Å². The second-order valence-corrected chi connectivity index (χ2v) is 7.13. The molecule has 0 aromatic carbocycles. The van der Waals surface area contributed by atoms with Crippen molar-refractivity contribution < 1.29 is 23.7 Å². The highest BCUT2D eigenvalue weighted by atomic mass is 31.2. The minimum atomic E-state index is -3.18. The van der Waals surface area contributed by atoms with Crippen molar-refractivity contribution in [3.05, 3.63) is 11.9 Å². The highest BCUT2D eigenvalue weighted by molar-refractivity contribution is 7.60. The van der Waals surface area contributed by atoms with E-state index in [0.29, 0.717) is 0 Å². The van der Waals surface area contributed by atoms with E-state index in [4.69, 9.17) is 14.2 Å². The van der Waals surface area contributed by atoms with Gasteiger partial charge in [-0.2, -0.15) is 0 Å². The number of methoxy groups -OCH3 is 1. The van der Waals surface area contributed by atoms with Gasteiger partial charge in [0.25, 0.3) is 0 Å². The Morgan fingerprint density at radius 1 is 1.39 bits per heavy atom. The molecular formula is C12H23O5P. The van der Waals surface area contributed by atoms with E-state index in [1.54, 1.807) is 13.2 Å². The average molecular weight is 278 g/mol. The van der Waals surface area contributed by atoms with Crippen LogP contribution in [0.25, 0.3) is 0 Å². The van der Waals surface area contributed by atoms with Crippen LogP contribution >= 0.6 is 7.37 Å². The van der Waals surface area contributed by atoms with Gasteiger partial charge in [-0.15, -0.1) is 0 Å². The van der Waals surface area contributed by atoms with Crippen molar-refractivity contribution in [2.75, 3.05) is 13.8 Å². The molecule has 1 unspecified atom stereocenters. The summed E-state index contributed by atoms with van der Waals surface area (Å²) in [4.78, 5) is 9.28. The summed E-state index contributed by atoms with van der Waals surface area (Å²) < 4.78 is 28.2. The van der Waals surface area contributed by atoms with Gasteiger partial charge in [0.1, 0.15) is 18.3 Å². The highest BCUT2D eigenvalue weighted by Gasteiger charge is 2.42. The first kappa shape index (κ1) is 15.9. The monoisotopic (exact) mass is 278 g/mol. The molecule has 18 heavy (non-hydrogen) atoms. The van der Waals surface area contributed by atoms with E-state index in [2.05, 4.69) is 0 Å². The van der Waals surface area contributed by atoms with Crippen LogP contribution in [0.1, 0.15) is 20.8 Å². The summed E-state index contributed by atoms with van der Waals surface area (Å²) in [7, 11) is -1.57. The Kier molecular flexibility index (Phi) is 5.56. The maximum atomic E-state index is 11.3. The van der Waals surface area contributed by atoms with Crippen LogP contribution in [0.5, 0.6) is 0 Å². The van der Waals surface area contributed by atoms with E-state index in [0.717, 1.165) is 0 Å². The highest BCUT2D eigenvalue weighted by Crippen LogP contribution is 2.38. The summed E-state index contributed by atoms with van der Waals surface area (Å²) in [6.45, 7) is 7.07. The molecule has 0 radical (unpaired) electrons. The lowest BCUT2D eigenvalue weighted by Gasteiger charge is -2.23. The first-order valence-electron chi connectivity index (χ1n) is 6.07. The quantitative estimate of drug-likeness (QED) is 0.779. The molecule has 0 spiro atoms. The van der Waals surface area contributed by atoms with Gasteiger partial charge >= 0.3 is 0 Å². The minimum absolute atomic E-state index is 0.0417. The van der Waals surface area contributed by atoms with Crippen molar-refractivity contribution in [2.24, 2.45) is 0 Å². The van der Waals surface area contributed by atoms with Gasteiger partial charge in [0, 0.05) is 13.8 Å². The summed E-state index contributed by atoms with van der Waals surface area (Å²) in [6, 6.07) is 0. The first-order chi connectivity index (χ1) is 8.24. The van der Waals surface area contributed by atoms with Crippen molar-refractivity contribution in [1.82, 2.24) is 0 Å². The van der Waals surface area contributed by atoms with E-state index in [1.165, 1.54) is 12.5 Å². The van der Waals surface area contributed by atoms with Crippen molar-refractivity contribution in [3.8, 4) is 0 Å². The molecule has 1 rings (SSSR count). The Hall–Kier alpha value is -0.190. The zero-order valence-corrected chi connectivity index (χ0v) is 12.5. The number of hydrogen-bond acceptors (Lipinski definition) is 4. The predicted octanol–water partition coefficient (Wildman–Crippen LogP) is 2.00. The Morgan fingerprint density at radius 2 is 2.00 bits per heavy atom. The topological polar surface area (TPSA) is 65.0 Å². The normalized spacial score (nSPS) is 36.4. The number of rotatable bonds is 5. The van der Waals surface area contributed by atoms with Gasteiger partial charge in [-0.1, -0.05) is 0 Å². The predicted molar refractivity (Wildman–Crippen MR) is 70.0 cm³/mol. The van der Waals surface area contributed by atoms with Crippen LogP contribution in [0.2, 0.25) is 0 Å². The summed E-state index contributed by atoms with van der Waals surface area (Å²) in [5.74, 6) is 1.29. The Morgan fingerprint density at radius 3 is 2.44 bits per heavy atom. The van der Waals surface area contributed by atoms with E-state index in [1.807, 2.05) is 20.8 Å². The van der Waals surface area contributed by atoms with Gasteiger partial charge in [-0.25, -0.2) is 0 Å². The van der Waals surface area contributed by atoms with Crippen LogP contribution in [0.15, 0.2) is 11.9 Å². The van der Waals surface area contributed by atoms with E-state index in [9.17, 15) is 9.46 Å². The third-order valence-corrected chi connectivity index (χ3v) is 3.46. The summed E-state index contributed by atoms with van der Waals surface area (Å²) >= 11 is 0. The summed E-state index contributed by atoms with van der Waals surface area (Å²) in [6.07, 6.45) is 0.754. The van der Waals surface area contributed by atoms with E-state index < -0.39 is 7.37 Å². The van der Waals surface area contributed by atoms with Gasteiger partial charge < -0.3 is 19.1 Å². The van der Waals surface area contributed by atoms with Crippen LogP contribution in [-0.4, -0.2) is 49.2 Å². The fraction of sp³-hybridized carbons (Fsp3) is 0.833. The third-order valence-electron chi connectivity index (χ3n) is 2.74. The molecule has 0 aromatic rings. The van der Waals surface area contributed by atoms with Gasteiger partial charge in [-0.05, 0) is 32.7 Å². The molecule has 0 aliphatic carbocycles. The smallest absolute Gasteiger partial charge is 0.219 e. The SMILES string of the molecule is CO[C@@H]1[C@H](OC(C)C)[C@@H](/C=C/P(C)(=O)O)O[C@H]1C. The summed E-state index contributed by atoms with van der Waals surface area (Å²) in [5, 5.41) is 0. The second-order valence-electron chi connectivity index (χ2n) is 4.94. The molecule has 5 nitrogen and oxygen atoms in total. The Labute approximate surface area is 109 Å². The molecular weight excluding hydrogens is 255 g/mol. The van der Waals surface area contributed by atoms with Crippen molar-refractivity contribution in [1.29, 1.82) is 0 Å². The fourth-order valence-electron chi connectivity index (χ4n) is 2.05. The van der Waals surface area contributed by atoms with Crippen LogP contribution in [-0.2, 0) is 18.8 Å². The fourth-order valence-corrected chi connectivity index (χ4v) is 2.54. The number of hydrogen-bond donors (Lipinski definition) is 1. The van der Waals surface area contributed by atoms with Crippen molar-refractivity contribution >= 4 is 7.37 Å². The molecule has 1 N–H and O–H groups in total. The molecule has 0 aromatic heterocycles. The van der Waals surface area contributed by atoms with Crippen LogP contribution in [0.4, 0.5) is 0 Å². The molecule has 1 heterocycles. The molecule has 1 aliphatic heterocycles. The molecule has 0 saturated carbocycles. The second kappa shape index (κ2) is 6.31. The number of ether oxygens (including phenoxy) is 3. The molecule has 106 valence electrons. The minimum Gasteiger partial charge on any atom is -0.376 e. The maximum absolute atomic E-state index is 11.3. The van der Waals surface area contributed by atoms with E-state index in [-0.39, 0.29) is 30.5 Å². The lowest BCUT2D eigenvalue weighted by molar-refractivity contribution is -0.0684. The van der Waals surface area contributed by atoms with Crippen LogP contribution < -0.4 is 0 Å². The molecule has 0 amide bonds. The molecule has 5 atom stereocenters. The van der Waals surface area contributed by atoms with Crippen molar-refractivity contribution in [3.63, 3.8) is 0 Å². The Bertz CT molecular complexity index is 335. The Balaban J connectivity index is 2.82. The third kappa shape index (κ3) is 4.48. The zero-order valence-electron chi connectivity index (χ0n) is 11.6. The lowest BCUT2D eigenvalue weighted by atomic mass is 10.1. The van der Waals surface area contributed by atoms with E-state index >= 15 is 0 Å². The average Bonchev–Trinajstić information content (AvgIpc) is 2.50. The lowest BCUT2D eigenvalue weighted by Crippen LogP contribution is -2.37. The maximum Gasteiger partial charge on any atom is 0.219 e. The molecule has 6 heteroatoms. The molecule has 1 saturated heterocycles. The van der Waals surface area contributed by atoms with Crippen molar-refractivity contribution in [2.45, 2.75) is 51.3 Å². The molecule has 1 fully saturated rings. The zero-order chi connectivity index (χ0) is 13.9. The van der Waals surface area contributed by atoms with Gasteiger partial charge in [0.05, 0.1) is 12.2 Å². The standard InChI is InChI=1S/C12H23O5P/c1-8(2)16-12-10(6-7-18(5,13)14)17-9(3)11(12)15-4/h6-12H,1-5H3,(H,13,14)/b7-6+/t9-,10+,11-,12+/m0/s1. The largest absolute Gasteiger partial charge is 0.376 e. The van der Waals surface area contributed by atoms with Gasteiger partial charge in [0.15, 0.2) is 0 Å². The molecule has 1 aliphatic rings. The molecule has 0 bridgehead atoms. The van der Waals surface area contributed by atoms with Crippen LogP contribution in [0, 0.1) is 0 Å². The first-order valence-corrected chi connectivity index (χ1v) is 8.25. The van der Waals surface area contributed by atoms with Crippen LogP contribution in [0.3, 0.4) is 0 Å². The van der Waals surface area contributed by atoms with Gasteiger partial charge in [0.2, 0.25) is 7.37 Å². The summed E-state index contributed by atoms with van der Waals surface area (Å²) in [5.41, 5.74) is 0.